The van der Waals surface area contributed by atoms with E-state index in [1.807, 2.05) is 0 Å². The molecule has 0 atom stereocenters. The van der Waals surface area contributed by atoms with Crippen LogP contribution in [0.3, 0.4) is 0 Å². The number of aromatic nitrogens is 3. The molecule has 0 amide bonds. The molecule has 0 aliphatic heterocycles. The molecule has 0 fully saturated rings. The van der Waals surface area contributed by atoms with Gasteiger partial charge in [0.1, 0.15) is 5.75 Å². The van der Waals surface area contributed by atoms with Crippen molar-refractivity contribution in [1.29, 1.82) is 0 Å². The molecule has 2 heterocycles. The van der Waals surface area contributed by atoms with E-state index in [4.69, 9.17) is 0 Å². The molecule has 3 rings (SSSR count). The molecule has 4 nitrogen and oxygen atoms in total. The summed E-state index contributed by atoms with van der Waals surface area (Å²) in [6.45, 7) is 0. The lowest BCUT2D eigenvalue weighted by Crippen LogP contribution is -2.16. The van der Waals surface area contributed by atoms with Crippen molar-refractivity contribution in [2.75, 3.05) is 0 Å². The summed E-state index contributed by atoms with van der Waals surface area (Å²) in [5, 5.41) is 3.76. The fourth-order valence-corrected chi connectivity index (χ4v) is 2.03. The first-order valence-corrected chi connectivity index (χ1v) is 6.32. The van der Waals surface area contributed by atoms with Crippen LogP contribution in [0.4, 0.5) is 22.0 Å². The van der Waals surface area contributed by atoms with Gasteiger partial charge in [0.15, 0.2) is 5.65 Å². The standard InChI is InChI=1S/C14H8F5N3O/c15-12(16)10-7-20-22-6-5-11(21-13(10)22)8-1-3-9(4-2-8)23-14(17,18)19/h1-7,12H. The second kappa shape index (κ2) is 5.49. The molecule has 1 aromatic carbocycles. The first-order valence-electron chi connectivity index (χ1n) is 6.32. The third kappa shape index (κ3) is 3.22. The van der Waals surface area contributed by atoms with Gasteiger partial charge in [0.25, 0.3) is 6.43 Å². The molecule has 0 saturated carbocycles. The van der Waals surface area contributed by atoms with Crippen LogP contribution in [0.25, 0.3) is 16.9 Å². The number of ether oxygens (including phenoxy) is 1. The number of hydrogen-bond acceptors (Lipinski definition) is 3. The van der Waals surface area contributed by atoms with Crippen LogP contribution >= 0.6 is 0 Å². The molecule has 0 N–H and O–H groups in total. The number of benzene rings is 1. The summed E-state index contributed by atoms with van der Waals surface area (Å²) in [6, 6.07) is 6.49. The van der Waals surface area contributed by atoms with E-state index in [1.165, 1.54) is 28.9 Å². The zero-order valence-corrected chi connectivity index (χ0v) is 11.3. The average Bonchev–Trinajstić information content (AvgIpc) is 2.89. The van der Waals surface area contributed by atoms with Crippen LogP contribution in [-0.2, 0) is 0 Å². The van der Waals surface area contributed by atoms with E-state index in [1.54, 1.807) is 0 Å². The van der Waals surface area contributed by atoms with Crippen LogP contribution in [0.1, 0.15) is 12.0 Å². The topological polar surface area (TPSA) is 39.4 Å². The van der Waals surface area contributed by atoms with Gasteiger partial charge >= 0.3 is 6.36 Å². The molecule has 0 bridgehead atoms. The lowest BCUT2D eigenvalue weighted by Gasteiger charge is -2.09. The molecule has 23 heavy (non-hydrogen) atoms. The molecule has 0 radical (unpaired) electrons. The van der Waals surface area contributed by atoms with E-state index < -0.39 is 12.8 Å². The molecule has 120 valence electrons. The van der Waals surface area contributed by atoms with Crippen LogP contribution in [0, 0.1) is 0 Å². The van der Waals surface area contributed by atoms with Crippen LogP contribution in [0.2, 0.25) is 0 Å². The van der Waals surface area contributed by atoms with Crippen LogP contribution < -0.4 is 4.74 Å². The van der Waals surface area contributed by atoms with E-state index in [9.17, 15) is 22.0 Å². The highest BCUT2D eigenvalue weighted by Gasteiger charge is 2.31. The molecule has 2 aromatic heterocycles. The Bertz CT molecular complexity index is 827. The largest absolute Gasteiger partial charge is 0.573 e. The molecule has 0 aliphatic rings. The number of rotatable bonds is 3. The quantitative estimate of drug-likeness (QED) is 0.675. The van der Waals surface area contributed by atoms with Gasteiger partial charge in [-0.3, -0.25) is 0 Å². The second-order valence-electron chi connectivity index (χ2n) is 4.55. The highest BCUT2D eigenvalue weighted by molar-refractivity contribution is 5.63. The molecule has 9 heteroatoms. The van der Waals surface area contributed by atoms with E-state index in [0.717, 1.165) is 18.3 Å². The summed E-state index contributed by atoms with van der Waals surface area (Å²) in [7, 11) is 0. The number of alkyl halides is 5. The van der Waals surface area contributed by atoms with Crippen LogP contribution in [0.15, 0.2) is 42.7 Å². The van der Waals surface area contributed by atoms with Gasteiger partial charge in [0.05, 0.1) is 17.5 Å². The van der Waals surface area contributed by atoms with Crippen molar-refractivity contribution in [3.63, 3.8) is 0 Å². The summed E-state index contributed by atoms with van der Waals surface area (Å²) in [5.41, 5.74) is 0.471. The van der Waals surface area contributed by atoms with Gasteiger partial charge in [0.2, 0.25) is 0 Å². The Hall–Kier alpha value is -2.71. The van der Waals surface area contributed by atoms with Crippen LogP contribution in [0.5, 0.6) is 5.75 Å². The molecular weight excluding hydrogens is 321 g/mol. The zero-order chi connectivity index (χ0) is 16.6. The first kappa shape index (κ1) is 15.2. The van der Waals surface area contributed by atoms with Crippen molar-refractivity contribution in [3.8, 4) is 17.0 Å². The number of hydrogen-bond donors (Lipinski definition) is 0. The molecular formula is C14H8F5N3O. The van der Waals surface area contributed by atoms with Crippen molar-refractivity contribution in [2.24, 2.45) is 0 Å². The third-order valence-corrected chi connectivity index (χ3v) is 3.02. The maximum absolute atomic E-state index is 12.9. The monoisotopic (exact) mass is 329 g/mol. The van der Waals surface area contributed by atoms with E-state index in [2.05, 4.69) is 14.8 Å². The molecule has 0 saturated heterocycles. The van der Waals surface area contributed by atoms with E-state index in [0.29, 0.717) is 11.3 Å². The Morgan fingerprint density at radius 1 is 1.04 bits per heavy atom. The second-order valence-corrected chi connectivity index (χ2v) is 4.55. The number of nitrogens with zero attached hydrogens (tertiary/aromatic N) is 3. The van der Waals surface area contributed by atoms with E-state index >= 15 is 0 Å². The fraction of sp³-hybridized carbons (Fsp3) is 0.143. The minimum atomic E-state index is -4.78. The molecule has 3 aromatic rings. The minimum Gasteiger partial charge on any atom is -0.406 e. The Kier molecular flexibility index (Phi) is 3.63. The van der Waals surface area contributed by atoms with Gasteiger partial charge < -0.3 is 4.74 Å². The fourth-order valence-electron chi connectivity index (χ4n) is 2.03. The maximum Gasteiger partial charge on any atom is 0.573 e. The Labute approximate surface area is 126 Å². The van der Waals surface area contributed by atoms with Crippen molar-refractivity contribution in [3.05, 3.63) is 48.3 Å². The average molecular weight is 329 g/mol. The number of fused-ring (bicyclic) bond motifs is 1. The highest BCUT2D eigenvalue weighted by atomic mass is 19.4. The van der Waals surface area contributed by atoms with Gasteiger partial charge in [-0.15, -0.1) is 13.2 Å². The lowest BCUT2D eigenvalue weighted by atomic mass is 10.1. The van der Waals surface area contributed by atoms with Gasteiger partial charge in [-0.05, 0) is 30.3 Å². The molecule has 0 aliphatic carbocycles. The smallest absolute Gasteiger partial charge is 0.406 e. The van der Waals surface area contributed by atoms with Crippen molar-refractivity contribution in [2.45, 2.75) is 12.8 Å². The predicted molar refractivity (Wildman–Crippen MR) is 70.1 cm³/mol. The lowest BCUT2D eigenvalue weighted by molar-refractivity contribution is -0.274. The summed E-state index contributed by atoms with van der Waals surface area (Å²) >= 11 is 0. The predicted octanol–water partition coefficient (Wildman–Crippen LogP) is 4.23. The summed E-state index contributed by atoms with van der Waals surface area (Å²) < 4.78 is 67.0. The maximum atomic E-state index is 12.9. The molecule has 0 unspecified atom stereocenters. The van der Waals surface area contributed by atoms with Gasteiger partial charge in [0, 0.05) is 11.8 Å². The minimum absolute atomic E-state index is 0.00637. The Balaban J connectivity index is 1.95. The summed E-state index contributed by atoms with van der Waals surface area (Å²) in [6.07, 6.45) is -5.03. The first-order chi connectivity index (χ1) is 10.8. The zero-order valence-electron chi connectivity index (χ0n) is 11.3. The SMILES string of the molecule is FC(F)c1cnn2ccc(-c3ccc(OC(F)(F)F)cc3)nc12. The van der Waals surface area contributed by atoms with Crippen molar-refractivity contribution < 1.29 is 26.7 Å². The summed E-state index contributed by atoms with van der Waals surface area (Å²) in [5.74, 6) is -0.375. The Morgan fingerprint density at radius 3 is 2.35 bits per heavy atom. The van der Waals surface area contributed by atoms with Crippen LogP contribution in [-0.4, -0.2) is 21.0 Å². The normalized spacial score (nSPS) is 12.1. The van der Waals surface area contributed by atoms with Crippen molar-refractivity contribution >= 4 is 5.65 Å². The van der Waals surface area contributed by atoms with Crippen molar-refractivity contribution in [1.82, 2.24) is 14.6 Å². The number of halogens is 5. The van der Waals surface area contributed by atoms with Gasteiger partial charge in [-0.1, -0.05) is 0 Å². The third-order valence-electron chi connectivity index (χ3n) is 3.02. The van der Waals surface area contributed by atoms with Gasteiger partial charge in [-0.25, -0.2) is 18.3 Å². The van der Waals surface area contributed by atoms with E-state index in [-0.39, 0.29) is 17.0 Å². The van der Waals surface area contributed by atoms with Gasteiger partial charge in [-0.2, -0.15) is 5.10 Å². The molecule has 0 spiro atoms. The summed E-state index contributed by atoms with van der Waals surface area (Å²) in [4.78, 5) is 4.09. The highest BCUT2D eigenvalue weighted by Crippen LogP contribution is 2.27. The Morgan fingerprint density at radius 2 is 1.74 bits per heavy atom.